The molecule has 0 aliphatic heterocycles. The van der Waals surface area contributed by atoms with Crippen molar-refractivity contribution in [3.05, 3.63) is 35.9 Å². The van der Waals surface area contributed by atoms with Crippen LogP contribution >= 0.6 is 0 Å². The lowest BCUT2D eigenvalue weighted by Crippen LogP contribution is -2.18. The highest BCUT2D eigenvalue weighted by Crippen LogP contribution is 1.97. The van der Waals surface area contributed by atoms with E-state index in [2.05, 4.69) is 0 Å². The first-order valence-electron chi connectivity index (χ1n) is 4.72. The minimum absolute atomic E-state index is 0.0602. The van der Waals surface area contributed by atoms with Gasteiger partial charge in [0.1, 0.15) is 0 Å². The Morgan fingerprint density at radius 1 is 1.21 bits per heavy atom. The molecule has 0 saturated heterocycles. The second-order valence-electron chi connectivity index (χ2n) is 3.12. The monoisotopic (exact) mass is 197 g/mol. The van der Waals surface area contributed by atoms with Gasteiger partial charge in [0.15, 0.2) is 0 Å². The van der Waals surface area contributed by atoms with E-state index >= 15 is 0 Å². The fourth-order valence-electron chi connectivity index (χ4n) is 0.774. The molecule has 0 heterocycles. The second kappa shape index (κ2) is 8.69. The molecule has 14 heavy (non-hydrogen) atoms. The quantitative estimate of drug-likeness (QED) is 0.663. The minimum Gasteiger partial charge on any atom is -0.396 e. The van der Waals surface area contributed by atoms with E-state index in [0.717, 1.165) is 6.42 Å². The molecule has 0 spiro atoms. The average Bonchev–Trinajstić information content (AvgIpc) is 2.21. The predicted molar refractivity (Wildman–Crippen MR) is 58.0 cm³/mol. The number of nitrogens with two attached hydrogens (primary N) is 1. The van der Waals surface area contributed by atoms with Crippen molar-refractivity contribution in [1.82, 2.24) is 0 Å². The van der Waals surface area contributed by atoms with Crippen molar-refractivity contribution in [3.8, 4) is 0 Å². The van der Waals surface area contributed by atoms with Gasteiger partial charge in [-0.3, -0.25) is 0 Å². The fraction of sp³-hybridized carbons (Fsp3) is 0.455. The van der Waals surface area contributed by atoms with E-state index in [1.54, 1.807) is 6.92 Å². The van der Waals surface area contributed by atoms with Crippen molar-refractivity contribution in [3.63, 3.8) is 0 Å². The standard InChI is InChI=1S/C8H10O.C3H9NO/c9-7-6-8-4-2-1-3-5-8;1-3(4)2-5/h1-5,9H,6-7H2;3,5H,2,4H2,1H3. The Bertz CT molecular complexity index is 212. The van der Waals surface area contributed by atoms with Crippen LogP contribution in [0.5, 0.6) is 0 Å². The largest absolute Gasteiger partial charge is 0.396 e. The third-order valence-electron chi connectivity index (χ3n) is 1.53. The summed E-state index contributed by atoms with van der Waals surface area (Å²) in [6.07, 6.45) is 0.765. The van der Waals surface area contributed by atoms with Gasteiger partial charge in [0.25, 0.3) is 0 Å². The molecule has 1 unspecified atom stereocenters. The van der Waals surface area contributed by atoms with Crippen LogP contribution in [0.2, 0.25) is 0 Å². The zero-order valence-electron chi connectivity index (χ0n) is 8.56. The molecule has 1 aromatic carbocycles. The van der Waals surface area contributed by atoms with E-state index in [1.807, 2.05) is 30.3 Å². The van der Waals surface area contributed by atoms with Crippen LogP contribution in [0.25, 0.3) is 0 Å². The van der Waals surface area contributed by atoms with Gasteiger partial charge in [0.2, 0.25) is 0 Å². The number of hydrogen-bond donors (Lipinski definition) is 3. The van der Waals surface area contributed by atoms with E-state index in [9.17, 15) is 0 Å². The molecule has 3 nitrogen and oxygen atoms in total. The third kappa shape index (κ3) is 7.73. The summed E-state index contributed by atoms with van der Waals surface area (Å²) in [7, 11) is 0. The molecule has 80 valence electrons. The van der Waals surface area contributed by atoms with E-state index in [-0.39, 0.29) is 19.3 Å². The summed E-state index contributed by atoms with van der Waals surface area (Å²) in [5, 5.41) is 16.5. The van der Waals surface area contributed by atoms with Gasteiger partial charge >= 0.3 is 0 Å². The zero-order valence-corrected chi connectivity index (χ0v) is 8.56. The van der Waals surface area contributed by atoms with Gasteiger partial charge < -0.3 is 15.9 Å². The van der Waals surface area contributed by atoms with Gasteiger partial charge in [-0.1, -0.05) is 30.3 Å². The Kier molecular flexibility index (Phi) is 8.13. The lowest BCUT2D eigenvalue weighted by molar-refractivity contribution is 0.273. The van der Waals surface area contributed by atoms with Gasteiger partial charge in [0.05, 0.1) is 6.61 Å². The molecule has 4 N–H and O–H groups in total. The van der Waals surface area contributed by atoms with Crippen molar-refractivity contribution < 1.29 is 10.2 Å². The maximum Gasteiger partial charge on any atom is 0.0579 e. The molecule has 1 aromatic rings. The van der Waals surface area contributed by atoms with Crippen LogP contribution in [0.15, 0.2) is 30.3 Å². The van der Waals surface area contributed by atoms with Crippen LogP contribution in [0.3, 0.4) is 0 Å². The highest BCUT2D eigenvalue weighted by molar-refractivity contribution is 5.14. The highest BCUT2D eigenvalue weighted by atomic mass is 16.3. The molecular formula is C11H19NO2. The molecule has 0 bridgehead atoms. The van der Waals surface area contributed by atoms with E-state index in [0.29, 0.717) is 0 Å². The van der Waals surface area contributed by atoms with Crippen molar-refractivity contribution >= 4 is 0 Å². The summed E-state index contributed by atoms with van der Waals surface area (Å²) in [6.45, 7) is 2.07. The van der Waals surface area contributed by atoms with Crippen molar-refractivity contribution in [2.45, 2.75) is 19.4 Å². The van der Waals surface area contributed by atoms with Crippen LogP contribution in [-0.2, 0) is 6.42 Å². The first-order chi connectivity index (χ1) is 6.70. The highest BCUT2D eigenvalue weighted by Gasteiger charge is 1.85. The number of hydrogen-bond acceptors (Lipinski definition) is 3. The molecule has 0 fully saturated rings. The van der Waals surface area contributed by atoms with Gasteiger partial charge in [-0.15, -0.1) is 0 Å². The Labute approximate surface area is 85.2 Å². The second-order valence-corrected chi connectivity index (χ2v) is 3.12. The lowest BCUT2D eigenvalue weighted by atomic mass is 10.2. The van der Waals surface area contributed by atoms with Gasteiger partial charge in [-0.05, 0) is 18.9 Å². The lowest BCUT2D eigenvalue weighted by Gasteiger charge is -1.93. The van der Waals surface area contributed by atoms with Crippen molar-refractivity contribution in [2.24, 2.45) is 5.73 Å². The maximum absolute atomic E-state index is 8.52. The van der Waals surface area contributed by atoms with E-state index < -0.39 is 0 Å². The Balaban J connectivity index is 0.000000292. The number of aliphatic hydroxyl groups excluding tert-OH is 2. The maximum atomic E-state index is 8.52. The number of aliphatic hydroxyl groups is 2. The van der Waals surface area contributed by atoms with Gasteiger partial charge in [-0.25, -0.2) is 0 Å². The topological polar surface area (TPSA) is 66.5 Å². The van der Waals surface area contributed by atoms with Crippen molar-refractivity contribution in [1.29, 1.82) is 0 Å². The van der Waals surface area contributed by atoms with Crippen LogP contribution in [0, 0.1) is 0 Å². The smallest absolute Gasteiger partial charge is 0.0579 e. The molecule has 1 atom stereocenters. The summed E-state index contributed by atoms with van der Waals surface area (Å²) in [5.74, 6) is 0. The molecule has 0 amide bonds. The van der Waals surface area contributed by atoms with Crippen LogP contribution < -0.4 is 5.73 Å². The van der Waals surface area contributed by atoms with Crippen LogP contribution in [0.1, 0.15) is 12.5 Å². The minimum atomic E-state index is -0.0602. The van der Waals surface area contributed by atoms with Gasteiger partial charge in [-0.2, -0.15) is 0 Å². The van der Waals surface area contributed by atoms with Crippen molar-refractivity contribution in [2.75, 3.05) is 13.2 Å². The van der Waals surface area contributed by atoms with E-state index in [4.69, 9.17) is 15.9 Å². The Morgan fingerprint density at radius 2 is 1.71 bits per heavy atom. The molecular weight excluding hydrogens is 178 g/mol. The van der Waals surface area contributed by atoms with E-state index in [1.165, 1.54) is 5.56 Å². The number of benzene rings is 1. The zero-order chi connectivity index (χ0) is 10.8. The molecule has 0 aliphatic carbocycles. The average molecular weight is 197 g/mol. The molecule has 0 saturated carbocycles. The summed E-state index contributed by atoms with van der Waals surface area (Å²) in [6, 6.07) is 9.89. The normalized spacial score (nSPS) is 11.4. The molecule has 0 aromatic heterocycles. The van der Waals surface area contributed by atoms with Gasteiger partial charge in [0, 0.05) is 12.6 Å². The first kappa shape index (κ1) is 13.1. The molecule has 0 radical (unpaired) electrons. The predicted octanol–water partition coefficient (Wildman–Crippen LogP) is 0.547. The Hall–Kier alpha value is -0.900. The molecule has 0 aliphatic rings. The fourth-order valence-corrected chi connectivity index (χ4v) is 0.774. The van der Waals surface area contributed by atoms with Crippen LogP contribution in [0.4, 0.5) is 0 Å². The summed E-state index contributed by atoms with van der Waals surface area (Å²) in [4.78, 5) is 0. The number of rotatable bonds is 3. The molecule has 1 rings (SSSR count). The summed E-state index contributed by atoms with van der Waals surface area (Å²) in [5.41, 5.74) is 6.24. The SMILES string of the molecule is CC(N)CO.OCCc1ccccc1. The molecule has 3 heteroatoms. The summed E-state index contributed by atoms with van der Waals surface area (Å²) >= 11 is 0. The third-order valence-corrected chi connectivity index (χ3v) is 1.53. The Morgan fingerprint density at radius 3 is 2.07 bits per heavy atom. The first-order valence-corrected chi connectivity index (χ1v) is 4.72. The summed E-state index contributed by atoms with van der Waals surface area (Å²) < 4.78 is 0. The van der Waals surface area contributed by atoms with Crippen LogP contribution in [-0.4, -0.2) is 29.5 Å².